The summed E-state index contributed by atoms with van der Waals surface area (Å²) < 4.78 is 0. The van der Waals surface area contributed by atoms with E-state index in [1.165, 1.54) is 0 Å². The molecular formula is C15H17N3O. The van der Waals surface area contributed by atoms with Gasteiger partial charge in [-0.3, -0.25) is 9.78 Å². The fourth-order valence-corrected chi connectivity index (χ4v) is 2.52. The molecule has 0 spiro atoms. The third-order valence-corrected chi connectivity index (χ3v) is 3.57. The van der Waals surface area contributed by atoms with Crippen LogP contribution in [0.1, 0.15) is 12.8 Å². The van der Waals surface area contributed by atoms with Gasteiger partial charge in [-0.2, -0.15) is 0 Å². The molecule has 1 amide bonds. The molecule has 2 aromatic rings. The summed E-state index contributed by atoms with van der Waals surface area (Å²) in [5.74, 6) is 0.171. The molecule has 1 aliphatic rings. The van der Waals surface area contributed by atoms with E-state index in [9.17, 15) is 4.79 Å². The van der Waals surface area contributed by atoms with Crippen LogP contribution in [0.25, 0.3) is 10.9 Å². The van der Waals surface area contributed by atoms with E-state index >= 15 is 0 Å². The van der Waals surface area contributed by atoms with Crippen molar-refractivity contribution >= 4 is 22.5 Å². The van der Waals surface area contributed by atoms with Gasteiger partial charge in [-0.1, -0.05) is 6.07 Å². The molecule has 4 nitrogen and oxygen atoms in total. The average Bonchev–Trinajstić information content (AvgIpc) is 2.48. The molecule has 0 unspecified atom stereocenters. The van der Waals surface area contributed by atoms with E-state index in [-0.39, 0.29) is 11.8 Å². The number of carbonyl (C=O) groups is 1. The zero-order chi connectivity index (χ0) is 13.1. The summed E-state index contributed by atoms with van der Waals surface area (Å²) in [4.78, 5) is 16.5. The summed E-state index contributed by atoms with van der Waals surface area (Å²) >= 11 is 0. The van der Waals surface area contributed by atoms with E-state index in [2.05, 4.69) is 15.6 Å². The molecule has 0 radical (unpaired) electrons. The second-order valence-corrected chi connectivity index (χ2v) is 4.91. The van der Waals surface area contributed by atoms with Gasteiger partial charge in [0.05, 0.1) is 17.1 Å². The summed E-state index contributed by atoms with van der Waals surface area (Å²) in [7, 11) is 0. The van der Waals surface area contributed by atoms with Crippen molar-refractivity contribution in [3.05, 3.63) is 36.5 Å². The Labute approximate surface area is 112 Å². The SMILES string of the molecule is O=C(Nc1cccc2ncccc12)[C@H]1CCCNC1. The number of piperidine rings is 1. The highest BCUT2D eigenvalue weighted by Crippen LogP contribution is 2.22. The lowest BCUT2D eigenvalue weighted by atomic mass is 9.98. The van der Waals surface area contributed by atoms with Gasteiger partial charge in [0.15, 0.2) is 0 Å². The molecule has 0 bridgehead atoms. The number of rotatable bonds is 2. The first-order chi connectivity index (χ1) is 9.34. The van der Waals surface area contributed by atoms with Crippen LogP contribution in [-0.2, 0) is 4.79 Å². The Bertz CT molecular complexity index is 585. The molecule has 2 heterocycles. The van der Waals surface area contributed by atoms with Crippen LogP contribution in [-0.4, -0.2) is 24.0 Å². The van der Waals surface area contributed by atoms with Crippen molar-refractivity contribution in [3.8, 4) is 0 Å². The van der Waals surface area contributed by atoms with E-state index in [1.807, 2.05) is 30.3 Å². The predicted molar refractivity (Wildman–Crippen MR) is 76.0 cm³/mol. The first-order valence-corrected chi connectivity index (χ1v) is 6.70. The smallest absolute Gasteiger partial charge is 0.228 e. The summed E-state index contributed by atoms with van der Waals surface area (Å²) in [6.07, 6.45) is 3.79. The molecule has 2 N–H and O–H groups in total. The minimum atomic E-state index is 0.0701. The second kappa shape index (κ2) is 5.36. The fourth-order valence-electron chi connectivity index (χ4n) is 2.52. The predicted octanol–water partition coefficient (Wildman–Crippen LogP) is 2.17. The summed E-state index contributed by atoms with van der Waals surface area (Å²) in [5.41, 5.74) is 1.75. The van der Waals surface area contributed by atoms with Gasteiger partial charge < -0.3 is 10.6 Å². The monoisotopic (exact) mass is 255 g/mol. The van der Waals surface area contributed by atoms with Crippen molar-refractivity contribution in [2.45, 2.75) is 12.8 Å². The maximum Gasteiger partial charge on any atom is 0.228 e. The molecule has 0 aliphatic carbocycles. The Morgan fingerprint density at radius 1 is 1.32 bits per heavy atom. The summed E-state index contributed by atoms with van der Waals surface area (Å²) in [6.45, 7) is 1.79. The molecule has 98 valence electrons. The van der Waals surface area contributed by atoms with Crippen molar-refractivity contribution in [2.24, 2.45) is 5.92 Å². The Hall–Kier alpha value is -1.94. The van der Waals surface area contributed by atoms with Crippen LogP contribution in [0.15, 0.2) is 36.5 Å². The maximum atomic E-state index is 12.2. The van der Waals surface area contributed by atoms with Gasteiger partial charge in [0.25, 0.3) is 0 Å². The minimum Gasteiger partial charge on any atom is -0.325 e. The molecule has 3 rings (SSSR count). The zero-order valence-corrected chi connectivity index (χ0v) is 10.7. The number of hydrogen-bond acceptors (Lipinski definition) is 3. The quantitative estimate of drug-likeness (QED) is 0.864. The van der Waals surface area contributed by atoms with Crippen LogP contribution in [0, 0.1) is 5.92 Å². The third kappa shape index (κ3) is 2.58. The number of nitrogens with zero attached hydrogens (tertiary/aromatic N) is 1. The molecule has 1 atom stereocenters. The number of pyridine rings is 1. The highest BCUT2D eigenvalue weighted by atomic mass is 16.1. The van der Waals surface area contributed by atoms with Gasteiger partial charge in [0.1, 0.15) is 0 Å². The third-order valence-electron chi connectivity index (χ3n) is 3.57. The van der Waals surface area contributed by atoms with Gasteiger partial charge >= 0.3 is 0 Å². The Kier molecular flexibility index (Phi) is 3.42. The molecule has 0 saturated carbocycles. The number of amides is 1. The maximum absolute atomic E-state index is 12.2. The summed E-state index contributed by atoms with van der Waals surface area (Å²) in [5, 5.41) is 7.29. The van der Waals surface area contributed by atoms with E-state index in [0.29, 0.717) is 0 Å². The van der Waals surface area contributed by atoms with Crippen LogP contribution < -0.4 is 10.6 Å². The average molecular weight is 255 g/mol. The van der Waals surface area contributed by atoms with Gasteiger partial charge in [0, 0.05) is 18.1 Å². The second-order valence-electron chi connectivity index (χ2n) is 4.91. The van der Waals surface area contributed by atoms with Crippen LogP contribution in [0.2, 0.25) is 0 Å². The number of nitrogens with one attached hydrogen (secondary N) is 2. The molecule has 4 heteroatoms. The Balaban J connectivity index is 1.82. The van der Waals surface area contributed by atoms with Crippen LogP contribution >= 0.6 is 0 Å². The van der Waals surface area contributed by atoms with Crippen molar-refractivity contribution in [1.29, 1.82) is 0 Å². The number of hydrogen-bond donors (Lipinski definition) is 2. The minimum absolute atomic E-state index is 0.0701. The van der Waals surface area contributed by atoms with Crippen molar-refractivity contribution < 1.29 is 4.79 Å². The van der Waals surface area contributed by atoms with Gasteiger partial charge in [0.2, 0.25) is 5.91 Å². The largest absolute Gasteiger partial charge is 0.325 e. The lowest BCUT2D eigenvalue weighted by Crippen LogP contribution is -2.37. The topological polar surface area (TPSA) is 54.0 Å². The number of benzene rings is 1. The number of carbonyl (C=O) groups excluding carboxylic acids is 1. The van der Waals surface area contributed by atoms with Crippen molar-refractivity contribution in [1.82, 2.24) is 10.3 Å². The fraction of sp³-hybridized carbons (Fsp3) is 0.333. The first kappa shape index (κ1) is 12.1. The molecule has 1 aliphatic heterocycles. The standard InChI is InChI=1S/C15H17N3O/c19-15(11-4-2-8-16-10-11)18-14-7-1-6-13-12(14)5-3-9-17-13/h1,3,5-7,9,11,16H,2,4,8,10H2,(H,18,19)/t11-/m0/s1. The summed E-state index contributed by atoms with van der Waals surface area (Å²) in [6, 6.07) is 9.67. The number of aromatic nitrogens is 1. The van der Waals surface area contributed by atoms with Gasteiger partial charge in [-0.05, 0) is 43.7 Å². The molecular weight excluding hydrogens is 238 g/mol. The van der Waals surface area contributed by atoms with E-state index < -0.39 is 0 Å². The van der Waals surface area contributed by atoms with Gasteiger partial charge in [-0.15, -0.1) is 0 Å². The molecule has 1 saturated heterocycles. The van der Waals surface area contributed by atoms with Crippen LogP contribution in [0.4, 0.5) is 5.69 Å². The lowest BCUT2D eigenvalue weighted by Gasteiger charge is -2.22. The van der Waals surface area contributed by atoms with Crippen molar-refractivity contribution in [2.75, 3.05) is 18.4 Å². The zero-order valence-electron chi connectivity index (χ0n) is 10.7. The molecule has 1 fully saturated rings. The van der Waals surface area contributed by atoms with Crippen LogP contribution in [0.3, 0.4) is 0 Å². The Morgan fingerprint density at radius 2 is 2.26 bits per heavy atom. The van der Waals surface area contributed by atoms with E-state index in [1.54, 1.807) is 6.20 Å². The number of anilines is 1. The lowest BCUT2D eigenvalue weighted by molar-refractivity contribution is -0.120. The van der Waals surface area contributed by atoms with Crippen molar-refractivity contribution in [3.63, 3.8) is 0 Å². The highest BCUT2D eigenvalue weighted by molar-refractivity contribution is 6.01. The number of fused-ring (bicyclic) bond motifs is 1. The highest BCUT2D eigenvalue weighted by Gasteiger charge is 2.21. The van der Waals surface area contributed by atoms with E-state index in [4.69, 9.17) is 0 Å². The normalized spacial score (nSPS) is 19.3. The van der Waals surface area contributed by atoms with Crippen LogP contribution in [0.5, 0.6) is 0 Å². The molecule has 1 aromatic heterocycles. The molecule has 1 aromatic carbocycles. The first-order valence-electron chi connectivity index (χ1n) is 6.70. The van der Waals surface area contributed by atoms with Gasteiger partial charge in [-0.25, -0.2) is 0 Å². The molecule has 19 heavy (non-hydrogen) atoms. The van der Waals surface area contributed by atoms with E-state index in [0.717, 1.165) is 42.5 Å². The Morgan fingerprint density at radius 3 is 3.11 bits per heavy atom.